The first-order chi connectivity index (χ1) is 37.2. The van der Waals surface area contributed by atoms with Crippen molar-refractivity contribution in [1.82, 2.24) is 0 Å². The van der Waals surface area contributed by atoms with Crippen LogP contribution in [0, 0.1) is 0 Å². The zero-order valence-electron chi connectivity index (χ0n) is 48.5. The minimum Gasteiger partial charge on any atom is -0.462 e. The van der Waals surface area contributed by atoms with E-state index in [9.17, 15) is 28.9 Å². The number of phosphoric acid groups is 1. The molecule has 11 nitrogen and oxygen atoms in total. The Hall–Kier alpha value is -3.34. The Morgan fingerprint density at radius 2 is 0.684 bits per heavy atom. The predicted molar refractivity (Wildman–Crippen MR) is 316 cm³/mol. The SMILES string of the molecule is CC/C=C\C/C=C\C/C=C\C/C=C\CCCCCCC(=O)OC(COC(=O)CCCCCCCCC/C=C\CCCCCCCC)COP(=O)(O)OCC(CO)OC(=O)CCCCCCC/C=C\C/C=C\CCCCC. The number of rotatable bonds is 56. The van der Waals surface area contributed by atoms with Gasteiger partial charge in [-0.15, -0.1) is 0 Å². The fourth-order valence-corrected chi connectivity index (χ4v) is 8.92. The lowest BCUT2D eigenvalue weighted by molar-refractivity contribution is -0.161. The summed E-state index contributed by atoms with van der Waals surface area (Å²) in [5.74, 6) is -1.51. The maximum atomic E-state index is 12.9. The number of carbonyl (C=O) groups is 3. The quantitative estimate of drug-likeness (QED) is 0.0197. The Balaban J connectivity index is 4.77. The van der Waals surface area contributed by atoms with Crippen molar-refractivity contribution >= 4 is 25.7 Å². The topological polar surface area (TPSA) is 155 Å². The van der Waals surface area contributed by atoms with E-state index in [1.165, 1.54) is 83.5 Å². The fraction of sp³-hybridized carbons (Fsp3) is 0.734. The Kier molecular flexibility index (Phi) is 55.3. The molecule has 438 valence electrons. The average molecular weight is 1090 g/mol. The van der Waals surface area contributed by atoms with Crippen molar-refractivity contribution in [2.24, 2.45) is 0 Å². The van der Waals surface area contributed by atoms with E-state index in [1.54, 1.807) is 0 Å². The molecular formula is C64H111O11P. The first-order valence-corrected chi connectivity index (χ1v) is 32.0. The molecule has 3 unspecified atom stereocenters. The highest BCUT2D eigenvalue weighted by atomic mass is 31.2. The number of aliphatic hydroxyl groups excluding tert-OH is 1. The highest BCUT2D eigenvalue weighted by Crippen LogP contribution is 2.43. The van der Waals surface area contributed by atoms with Gasteiger partial charge in [0.1, 0.15) is 12.7 Å². The number of carbonyl (C=O) groups excluding carboxylic acids is 3. The van der Waals surface area contributed by atoms with Crippen molar-refractivity contribution in [2.75, 3.05) is 26.4 Å². The van der Waals surface area contributed by atoms with Crippen LogP contribution < -0.4 is 0 Å². The smallest absolute Gasteiger partial charge is 0.462 e. The number of hydrogen-bond donors (Lipinski definition) is 2. The van der Waals surface area contributed by atoms with E-state index >= 15 is 0 Å². The molecule has 2 N–H and O–H groups in total. The van der Waals surface area contributed by atoms with E-state index in [0.29, 0.717) is 19.3 Å². The number of allylic oxidation sites excluding steroid dienone is 14. The van der Waals surface area contributed by atoms with Gasteiger partial charge in [-0.05, 0) is 116 Å². The summed E-state index contributed by atoms with van der Waals surface area (Å²) in [6.07, 6.45) is 66.7. The summed E-state index contributed by atoms with van der Waals surface area (Å²) in [5, 5.41) is 9.83. The predicted octanol–water partition coefficient (Wildman–Crippen LogP) is 18.3. The van der Waals surface area contributed by atoms with E-state index in [4.69, 9.17) is 23.3 Å². The van der Waals surface area contributed by atoms with E-state index in [0.717, 1.165) is 122 Å². The third kappa shape index (κ3) is 55.4. The summed E-state index contributed by atoms with van der Waals surface area (Å²) in [7, 11) is -4.76. The second-order valence-corrected chi connectivity index (χ2v) is 21.6. The van der Waals surface area contributed by atoms with Crippen LogP contribution in [0.1, 0.15) is 265 Å². The zero-order valence-corrected chi connectivity index (χ0v) is 49.3. The van der Waals surface area contributed by atoms with Crippen molar-refractivity contribution in [3.05, 3.63) is 85.1 Å². The number of unbranched alkanes of at least 4 members (excludes halogenated alkanes) is 25. The molecule has 0 aromatic rings. The van der Waals surface area contributed by atoms with Crippen molar-refractivity contribution in [1.29, 1.82) is 0 Å². The summed E-state index contributed by atoms with van der Waals surface area (Å²) in [5.41, 5.74) is 0. The highest BCUT2D eigenvalue weighted by Gasteiger charge is 2.28. The van der Waals surface area contributed by atoms with Gasteiger partial charge in [-0.25, -0.2) is 4.57 Å². The van der Waals surface area contributed by atoms with Crippen LogP contribution in [-0.2, 0) is 42.2 Å². The van der Waals surface area contributed by atoms with Crippen LogP contribution in [0.5, 0.6) is 0 Å². The molecule has 0 saturated carbocycles. The highest BCUT2D eigenvalue weighted by molar-refractivity contribution is 7.47. The van der Waals surface area contributed by atoms with Gasteiger partial charge in [-0.2, -0.15) is 0 Å². The third-order valence-electron chi connectivity index (χ3n) is 12.8. The number of phosphoric ester groups is 1. The van der Waals surface area contributed by atoms with Gasteiger partial charge in [-0.1, -0.05) is 215 Å². The van der Waals surface area contributed by atoms with Gasteiger partial charge in [0.2, 0.25) is 0 Å². The molecule has 0 bridgehead atoms. The van der Waals surface area contributed by atoms with Crippen molar-refractivity contribution in [3.8, 4) is 0 Å². The van der Waals surface area contributed by atoms with Crippen LogP contribution in [0.4, 0.5) is 0 Å². The van der Waals surface area contributed by atoms with Crippen LogP contribution in [-0.4, -0.2) is 66.5 Å². The van der Waals surface area contributed by atoms with Crippen LogP contribution >= 0.6 is 7.82 Å². The van der Waals surface area contributed by atoms with E-state index in [-0.39, 0.29) is 25.9 Å². The lowest BCUT2D eigenvalue weighted by Gasteiger charge is -2.21. The maximum Gasteiger partial charge on any atom is 0.472 e. The normalized spacial score (nSPS) is 13.9. The number of esters is 3. The second-order valence-electron chi connectivity index (χ2n) is 20.1. The van der Waals surface area contributed by atoms with Gasteiger partial charge in [0.05, 0.1) is 19.8 Å². The lowest BCUT2D eigenvalue weighted by atomic mass is 10.1. The Labute approximate surface area is 464 Å². The molecule has 0 aromatic heterocycles. The van der Waals surface area contributed by atoms with Crippen LogP contribution in [0.15, 0.2) is 85.1 Å². The van der Waals surface area contributed by atoms with Crippen LogP contribution in [0.2, 0.25) is 0 Å². The molecule has 0 amide bonds. The average Bonchev–Trinajstić information content (AvgIpc) is 3.41. The molecule has 0 aliphatic carbocycles. The molecule has 76 heavy (non-hydrogen) atoms. The molecule has 12 heteroatoms. The summed E-state index contributed by atoms with van der Waals surface area (Å²) in [6, 6.07) is 0. The van der Waals surface area contributed by atoms with Gasteiger partial charge >= 0.3 is 25.7 Å². The Morgan fingerprint density at radius 3 is 1.09 bits per heavy atom. The maximum absolute atomic E-state index is 12.9. The summed E-state index contributed by atoms with van der Waals surface area (Å²) in [6.45, 7) is 4.47. The van der Waals surface area contributed by atoms with Crippen molar-refractivity contribution < 1.29 is 52.2 Å². The summed E-state index contributed by atoms with van der Waals surface area (Å²) < 4.78 is 39.6. The Morgan fingerprint density at radius 1 is 0.382 bits per heavy atom. The van der Waals surface area contributed by atoms with E-state index in [2.05, 4.69) is 106 Å². The monoisotopic (exact) mass is 1090 g/mol. The largest absolute Gasteiger partial charge is 0.472 e. The van der Waals surface area contributed by atoms with E-state index < -0.39 is 57.8 Å². The Bertz CT molecular complexity index is 1600. The number of aliphatic hydroxyl groups is 1. The standard InChI is InChI=1S/C64H111O11P/c1-4-7-10-13-16-19-22-25-28-30-33-35-38-41-44-47-50-53-62(66)71-57-61(75-64(68)55-52-49-46-43-40-37-34-31-29-26-23-20-17-14-11-8-5-2)59-73-76(69,70)72-58-60(56-65)74-63(67)54-51-48-45-42-39-36-32-27-24-21-18-15-12-9-6-3/h8,11,17-18,20-21,25-29,32,34,37,60-61,65H,4-7,9-10,12-16,19,22-24,30-31,33,35-36,38-59H2,1-3H3,(H,69,70)/b11-8-,20-17-,21-18-,28-25-,29-26-,32-27-,37-34-. The summed E-state index contributed by atoms with van der Waals surface area (Å²) in [4.78, 5) is 48.6. The van der Waals surface area contributed by atoms with Gasteiger partial charge < -0.3 is 24.2 Å². The molecule has 0 saturated heterocycles. The second kappa shape index (κ2) is 57.8. The zero-order chi connectivity index (χ0) is 55.5. The lowest BCUT2D eigenvalue weighted by Crippen LogP contribution is -2.30. The minimum absolute atomic E-state index is 0.135. The molecule has 0 fully saturated rings. The van der Waals surface area contributed by atoms with Gasteiger partial charge in [0, 0.05) is 19.3 Å². The van der Waals surface area contributed by atoms with Crippen LogP contribution in [0.3, 0.4) is 0 Å². The molecule has 0 heterocycles. The molecule has 0 radical (unpaired) electrons. The molecular weight excluding hydrogens is 976 g/mol. The number of hydrogen-bond acceptors (Lipinski definition) is 10. The third-order valence-corrected chi connectivity index (χ3v) is 13.7. The molecule has 3 atom stereocenters. The fourth-order valence-electron chi connectivity index (χ4n) is 8.14. The van der Waals surface area contributed by atoms with Crippen molar-refractivity contribution in [2.45, 2.75) is 277 Å². The summed E-state index contributed by atoms with van der Waals surface area (Å²) >= 11 is 0. The molecule has 0 spiro atoms. The minimum atomic E-state index is -4.76. The van der Waals surface area contributed by atoms with Gasteiger partial charge in [0.15, 0.2) is 6.10 Å². The molecule has 0 aromatic carbocycles. The van der Waals surface area contributed by atoms with E-state index in [1.807, 2.05) is 0 Å². The number of ether oxygens (including phenoxy) is 3. The van der Waals surface area contributed by atoms with Crippen LogP contribution in [0.25, 0.3) is 0 Å². The van der Waals surface area contributed by atoms with Crippen molar-refractivity contribution in [3.63, 3.8) is 0 Å². The first-order valence-electron chi connectivity index (χ1n) is 30.5. The van der Waals surface area contributed by atoms with Gasteiger partial charge in [0.25, 0.3) is 0 Å². The molecule has 0 aliphatic rings. The first kappa shape index (κ1) is 72.7. The van der Waals surface area contributed by atoms with Gasteiger partial charge in [-0.3, -0.25) is 23.4 Å². The molecule has 0 aliphatic heterocycles. The molecule has 0 rings (SSSR count).